The van der Waals surface area contributed by atoms with Crippen molar-refractivity contribution in [2.45, 2.75) is 27.2 Å². The third-order valence-electron chi connectivity index (χ3n) is 4.13. The minimum Gasteiger partial charge on any atom is -0.481 e. The Morgan fingerprint density at radius 2 is 2.29 bits per heavy atom. The molecule has 1 aromatic rings. The molecule has 0 aromatic carbocycles. The van der Waals surface area contributed by atoms with Gasteiger partial charge < -0.3 is 19.3 Å². The van der Waals surface area contributed by atoms with Crippen LogP contribution in [0.15, 0.2) is 10.6 Å². The molecule has 1 aliphatic heterocycles. The molecule has 1 unspecified atom stereocenters. The molecule has 1 atom stereocenters. The Bertz CT molecular complexity index is 539. The number of aliphatic carboxylic acids is 1. The molecule has 1 amide bonds. The first-order chi connectivity index (χ1) is 9.85. The van der Waals surface area contributed by atoms with Crippen LogP contribution < -0.4 is 4.74 Å². The normalized spacial score (nSPS) is 21.8. The van der Waals surface area contributed by atoms with Gasteiger partial charge in [0.1, 0.15) is 5.76 Å². The quantitative estimate of drug-likeness (QED) is 0.881. The summed E-state index contributed by atoms with van der Waals surface area (Å²) >= 11 is 0. The number of hydrogen-bond donors (Lipinski definition) is 1. The molecule has 1 fully saturated rings. The molecule has 2 rings (SSSR count). The number of carboxylic acids is 1. The number of carboxylic acid groups (broad SMARTS) is 1. The van der Waals surface area contributed by atoms with Gasteiger partial charge in [0.15, 0.2) is 6.61 Å². The molecule has 1 N–H and O–H groups in total. The van der Waals surface area contributed by atoms with E-state index in [0.29, 0.717) is 18.7 Å². The third kappa shape index (κ3) is 3.01. The number of amides is 1. The highest BCUT2D eigenvalue weighted by atomic mass is 16.5. The summed E-state index contributed by atoms with van der Waals surface area (Å²) in [6.07, 6.45) is 0.467. The van der Waals surface area contributed by atoms with Gasteiger partial charge in [-0.1, -0.05) is 13.8 Å². The zero-order chi connectivity index (χ0) is 15.6. The second kappa shape index (κ2) is 5.75. The minimum absolute atomic E-state index is 0.0353. The average molecular weight is 296 g/mol. The Kier molecular flexibility index (Phi) is 4.20. The molecule has 116 valence electrons. The van der Waals surface area contributed by atoms with E-state index in [4.69, 9.17) is 9.26 Å². The monoisotopic (exact) mass is 296 g/mol. The molecule has 0 aliphatic carbocycles. The summed E-state index contributed by atoms with van der Waals surface area (Å²) in [7, 11) is 0. The lowest BCUT2D eigenvalue weighted by Gasteiger charge is -2.28. The molecule has 7 heteroatoms. The predicted molar refractivity (Wildman–Crippen MR) is 72.8 cm³/mol. The number of aryl methyl sites for hydroxylation is 1. The zero-order valence-corrected chi connectivity index (χ0v) is 12.5. The summed E-state index contributed by atoms with van der Waals surface area (Å²) in [4.78, 5) is 25.2. The van der Waals surface area contributed by atoms with E-state index >= 15 is 0 Å². The van der Waals surface area contributed by atoms with Crippen molar-refractivity contribution in [1.82, 2.24) is 10.1 Å². The van der Waals surface area contributed by atoms with Crippen molar-refractivity contribution in [3.63, 3.8) is 0 Å². The molecule has 0 saturated carbocycles. The van der Waals surface area contributed by atoms with Crippen molar-refractivity contribution in [3.8, 4) is 5.88 Å². The van der Waals surface area contributed by atoms with Gasteiger partial charge in [0, 0.05) is 19.2 Å². The van der Waals surface area contributed by atoms with Crippen molar-refractivity contribution in [2.75, 3.05) is 19.7 Å². The molecule has 1 aliphatic rings. The first kappa shape index (κ1) is 15.3. The maximum absolute atomic E-state index is 12.1. The number of nitrogens with zero attached hydrogens (tertiary/aromatic N) is 2. The standard InChI is InChI=1S/C14H20N2O5/c1-9(2)14(13(18)19)4-5-16(8-14)12(17)7-20-11-6-10(3)21-15-11/h6,9H,4-5,7-8H2,1-3H3,(H,18,19). The molecule has 1 saturated heterocycles. The van der Waals surface area contributed by atoms with Crippen molar-refractivity contribution in [1.29, 1.82) is 0 Å². The lowest BCUT2D eigenvalue weighted by atomic mass is 9.76. The average Bonchev–Trinajstić information content (AvgIpc) is 3.03. The van der Waals surface area contributed by atoms with Gasteiger partial charge in [0.25, 0.3) is 11.8 Å². The highest BCUT2D eigenvalue weighted by Gasteiger charge is 2.48. The van der Waals surface area contributed by atoms with E-state index in [0.717, 1.165) is 0 Å². The van der Waals surface area contributed by atoms with Crippen LogP contribution >= 0.6 is 0 Å². The van der Waals surface area contributed by atoms with Crippen LogP contribution in [0, 0.1) is 18.3 Å². The topological polar surface area (TPSA) is 92.9 Å². The molecule has 21 heavy (non-hydrogen) atoms. The van der Waals surface area contributed by atoms with E-state index in [2.05, 4.69) is 5.16 Å². The molecule has 0 spiro atoms. The summed E-state index contributed by atoms with van der Waals surface area (Å²) < 4.78 is 10.1. The second-order valence-corrected chi connectivity index (χ2v) is 5.75. The lowest BCUT2D eigenvalue weighted by molar-refractivity contribution is -0.151. The van der Waals surface area contributed by atoms with Crippen molar-refractivity contribution in [3.05, 3.63) is 11.8 Å². The number of carbonyl (C=O) groups excluding carboxylic acids is 1. The minimum atomic E-state index is -0.861. The molecule has 1 aromatic heterocycles. The van der Waals surface area contributed by atoms with Gasteiger partial charge in [-0.15, -0.1) is 0 Å². The smallest absolute Gasteiger partial charge is 0.311 e. The summed E-state index contributed by atoms with van der Waals surface area (Å²) in [5.41, 5.74) is -0.861. The molecule has 7 nitrogen and oxygen atoms in total. The Morgan fingerprint density at radius 3 is 2.76 bits per heavy atom. The molecule has 0 bridgehead atoms. The van der Waals surface area contributed by atoms with Gasteiger partial charge >= 0.3 is 5.97 Å². The number of aromatic nitrogens is 1. The van der Waals surface area contributed by atoms with Crippen LogP contribution in [0.4, 0.5) is 0 Å². The van der Waals surface area contributed by atoms with E-state index in [9.17, 15) is 14.7 Å². The van der Waals surface area contributed by atoms with Gasteiger partial charge in [-0.05, 0) is 24.4 Å². The summed E-state index contributed by atoms with van der Waals surface area (Å²) in [5, 5.41) is 13.1. The fourth-order valence-electron chi connectivity index (χ4n) is 2.58. The summed E-state index contributed by atoms with van der Waals surface area (Å²) in [5.74, 6) is -0.260. The first-order valence-corrected chi connectivity index (χ1v) is 6.92. The van der Waals surface area contributed by atoms with Crippen LogP contribution in [0.3, 0.4) is 0 Å². The van der Waals surface area contributed by atoms with Crippen LogP contribution in [-0.4, -0.2) is 46.7 Å². The van der Waals surface area contributed by atoms with Crippen molar-refractivity contribution in [2.24, 2.45) is 11.3 Å². The van der Waals surface area contributed by atoms with Crippen LogP contribution in [-0.2, 0) is 9.59 Å². The molecular formula is C14H20N2O5. The molecule has 0 radical (unpaired) electrons. The summed E-state index contributed by atoms with van der Waals surface area (Å²) in [6.45, 7) is 5.96. The fraction of sp³-hybridized carbons (Fsp3) is 0.643. The predicted octanol–water partition coefficient (Wildman–Crippen LogP) is 1.32. The Labute approximate surface area is 122 Å². The second-order valence-electron chi connectivity index (χ2n) is 5.75. The van der Waals surface area contributed by atoms with Crippen LogP contribution in [0.2, 0.25) is 0 Å². The lowest BCUT2D eigenvalue weighted by Crippen LogP contribution is -2.41. The highest BCUT2D eigenvalue weighted by Crippen LogP contribution is 2.38. The Balaban J connectivity index is 1.94. The summed E-state index contributed by atoms with van der Waals surface area (Å²) in [6, 6.07) is 1.59. The van der Waals surface area contributed by atoms with E-state index in [1.165, 1.54) is 0 Å². The maximum atomic E-state index is 12.1. The number of ether oxygens (including phenoxy) is 1. The number of carbonyl (C=O) groups is 2. The van der Waals surface area contributed by atoms with Crippen LogP contribution in [0.5, 0.6) is 5.88 Å². The van der Waals surface area contributed by atoms with Crippen molar-refractivity contribution < 1.29 is 24.0 Å². The van der Waals surface area contributed by atoms with Crippen LogP contribution in [0.1, 0.15) is 26.0 Å². The van der Waals surface area contributed by atoms with Gasteiger partial charge in [-0.2, -0.15) is 0 Å². The zero-order valence-electron chi connectivity index (χ0n) is 12.5. The third-order valence-corrected chi connectivity index (χ3v) is 4.13. The Hall–Kier alpha value is -2.05. The maximum Gasteiger partial charge on any atom is 0.311 e. The number of hydrogen-bond acceptors (Lipinski definition) is 5. The fourth-order valence-corrected chi connectivity index (χ4v) is 2.58. The Morgan fingerprint density at radius 1 is 1.57 bits per heavy atom. The van der Waals surface area contributed by atoms with Gasteiger partial charge in [0.2, 0.25) is 0 Å². The van der Waals surface area contributed by atoms with Gasteiger partial charge in [-0.3, -0.25) is 9.59 Å². The highest BCUT2D eigenvalue weighted by molar-refractivity contribution is 5.81. The number of rotatable bonds is 5. The van der Waals surface area contributed by atoms with Gasteiger partial charge in [0.05, 0.1) is 5.41 Å². The van der Waals surface area contributed by atoms with Crippen LogP contribution in [0.25, 0.3) is 0 Å². The van der Waals surface area contributed by atoms with E-state index in [1.807, 2.05) is 13.8 Å². The SMILES string of the molecule is Cc1cc(OCC(=O)N2CCC(C(=O)O)(C(C)C)C2)no1. The largest absolute Gasteiger partial charge is 0.481 e. The van der Waals surface area contributed by atoms with E-state index in [-0.39, 0.29) is 30.9 Å². The molecular weight excluding hydrogens is 276 g/mol. The van der Waals surface area contributed by atoms with Gasteiger partial charge in [-0.25, -0.2) is 0 Å². The first-order valence-electron chi connectivity index (χ1n) is 6.92. The molecule has 2 heterocycles. The number of likely N-dealkylation sites (tertiary alicyclic amines) is 1. The van der Waals surface area contributed by atoms with E-state index in [1.54, 1.807) is 17.9 Å². The van der Waals surface area contributed by atoms with Crippen molar-refractivity contribution >= 4 is 11.9 Å². The van der Waals surface area contributed by atoms with E-state index < -0.39 is 11.4 Å².